The molecule has 2 N–H and O–H groups in total. The van der Waals surface area contributed by atoms with Crippen molar-refractivity contribution in [3.05, 3.63) is 48.3 Å². The number of benzene rings is 1. The summed E-state index contributed by atoms with van der Waals surface area (Å²) in [5, 5.41) is 9.19. The second-order valence-electron chi connectivity index (χ2n) is 4.69. The maximum Gasteiger partial charge on any atom is 0.241 e. The van der Waals surface area contributed by atoms with Gasteiger partial charge in [-0.15, -0.1) is 0 Å². The molecule has 0 bridgehead atoms. The van der Waals surface area contributed by atoms with E-state index in [9.17, 15) is 17.9 Å². The van der Waals surface area contributed by atoms with Crippen LogP contribution in [0.5, 0.6) is 0 Å². The molecule has 1 aromatic heterocycles. The van der Waals surface area contributed by atoms with Crippen molar-refractivity contribution in [2.75, 3.05) is 0 Å². The summed E-state index contributed by atoms with van der Waals surface area (Å²) >= 11 is 0. The topological polar surface area (TPSA) is 84.2 Å². The van der Waals surface area contributed by atoms with Crippen LogP contribution in [0.3, 0.4) is 0 Å². The third-order valence-corrected chi connectivity index (χ3v) is 4.56. The maximum absolute atomic E-state index is 13.3. The lowest BCUT2D eigenvalue weighted by Crippen LogP contribution is -2.36. The van der Waals surface area contributed by atoms with E-state index in [4.69, 9.17) is 0 Å². The summed E-state index contributed by atoms with van der Waals surface area (Å²) in [6.07, 6.45) is 4.88. The largest absolute Gasteiger partial charge is 0.392 e. The standard InChI is InChI=1S/C13H16FN3O3S/c1-10(7-17-5-4-15-9-17)16-21(19,20)13-6-12(14)3-2-11(13)8-18/h2-6,9-10,16,18H,7-8H2,1H3. The third kappa shape index (κ3) is 3.87. The summed E-state index contributed by atoms with van der Waals surface area (Å²) in [5.41, 5.74) is 0.152. The first-order chi connectivity index (χ1) is 9.92. The van der Waals surface area contributed by atoms with Crippen LogP contribution in [0.4, 0.5) is 4.39 Å². The van der Waals surface area contributed by atoms with Crippen molar-refractivity contribution in [2.45, 2.75) is 31.0 Å². The molecule has 0 saturated carbocycles. The number of aromatic nitrogens is 2. The summed E-state index contributed by atoms with van der Waals surface area (Å²) < 4.78 is 42.0. The average Bonchev–Trinajstić information content (AvgIpc) is 2.90. The molecule has 0 saturated heterocycles. The Hall–Kier alpha value is -1.77. The van der Waals surface area contributed by atoms with Crippen molar-refractivity contribution >= 4 is 10.0 Å². The number of rotatable bonds is 6. The molecule has 0 aliphatic carbocycles. The van der Waals surface area contributed by atoms with Crippen LogP contribution in [0.15, 0.2) is 41.8 Å². The van der Waals surface area contributed by atoms with Gasteiger partial charge in [0.15, 0.2) is 0 Å². The molecule has 21 heavy (non-hydrogen) atoms. The number of hydrogen-bond acceptors (Lipinski definition) is 4. The molecule has 1 atom stereocenters. The van der Waals surface area contributed by atoms with E-state index in [2.05, 4.69) is 9.71 Å². The molecule has 0 aliphatic rings. The fourth-order valence-electron chi connectivity index (χ4n) is 1.99. The minimum atomic E-state index is -3.91. The fourth-order valence-corrected chi connectivity index (χ4v) is 3.46. The van der Waals surface area contributed by atoms with Gasteiger partial charge in [-0.1, -0.05) is 6.07 Å². The fraction of sp³-hybridized carbons (Fsp3) is 0.308. The molecule has 114 valence electrons. The van der Waals surface area contributed by atoms with E-state index in [0.717, 1.165) is 12.1 Å². The first-order valence-corrected chi connectivity index (χ1v) is 7.78. The van der Waals surface area contributed by atoms with Crippen molar-refractivity contribution in [1.29, 1.82) is 0 Å². The molecule has 0 fully saturated rings. The summed E-state index contributed by atoms with van der Waals surface area (Å²) in [5.74, 6) is -0.671. The number of aliphatic hydroxyl groups is 1. The highest BCUT2D eigenvalue weighted by Gasteiger charge is 2.21. The first-order valence-electron chi connectivity index (χ1n) is 6.30. The van der Waals surface area contributed by atoms with Gasteiger partial charge in [0.05, 0.1) is 17.8 Å². The first kappa shape index (κ1) is 15.6. The molecular weight excluding hydrogens is 297 g/mol. The third-order valence-electron chi connectivity index (χ3n) is 2.89. The van der Waals surface area contributed by atoms with Gasteiger partial charge in [0, 0.05) is 25.0 Å². The molecule has 0 amide bonds. The van der Waals surface area contributed by atoms with Crippen LogP contribution in [0.25, 0.3) is 0 Å². The Morgan fingerprint density at radius 3 is 2.86 bits per heavy atom. The van der Waals surface area contributed by atoms with Gasteiger partial charge in [0.2, 0.25) is 10.0 Å². The molecular formula is C13H16FN3O3S. The number of hydrogen-bond donors (Lipinski definition) is 2. The number of imidazole rings is 1. The van der Waals surface area contributed by atoms with Gasteiger partial charge >= 0.3 is 0 Å². The van der Waals surface area contributed by atoms with Crippen LogP contribution in [0.1, 0.15) is 12.5 Å². The SMILES string of the molecule is CC(Cn1ccnc1)NS(=O)(=O)c1cc(F)ccc1CO. The molecule has 2 aromatic rings. The van der Waals surface area contributed by atoms with Crippen LogP contribution < -0.4 is 4.72 Å². The smallest absolute Gasteiger partial charge is 0.241 e. The number of nitrogens with zero attached hydrogens (tertiary/aromatic N) is 2. The van der Waals surface area contributed by atoms with E-state index >= 15 is 0 Å². The monoisotopic (exact) mass is 313 g/mol. The van der Waals surface area contributed by atoms with Gasteiger partial charge in [0.25, 0.3) is 0 Å². The van der Waals surface area contributed by atoms with E-state index in [1.807, 2.05) is 0 Å². The van der Waals surface area contributed by atoms with Crippen LogP contribution in [0, 0.1) is 5.82 Å². The molecule has 1 heterocycles. The average molecular weight is 313 g/mol. The minimum Gasteiger partial charge on any atom is -0.392 e. The normalized spacial score (nSPS) is 13.3. The van der Waals surface area contributed by atoms with Gasteiger partial charge in [-0.25, -0.2) is 22.5 Å². The number of aliphatic hydroxyl groups excluding tert-OH is 1. The zero-order chi connectivity index (χ0) is 15.5. The van der Waals surface area contributed by atoms with Crippen molar-refractivity contribution < 1.29 is 17.9 Å². The van der Waals surface area contributed by atoms with Gasteiger partial charge < -0.3 is 9.67 Å². The highest BCUT2D eigenvalue weighted by Crippen LogP contribution is 2.18. The van der Waals surface area contributed by atoms with Crippen LogP contribution in [-0.2, 0) is 23.2 Å². The molecule has 0 aliphatic heterocycles. The lowest BCUT2D eigenvalue weighted by atomic mass is 10.2. The van der Waals surface area contributed by atoms with Crippen molar-refractivity contribution in [3.63, 3.8) is 0 Å². The Bertz CT molecular complexity index is 701. The predicted molar refractivity (Wildman–Crippen MR) is 74.3 cm³/mol. The predicted octanol–water partition coefficient (Wildman–Crippen LogP) is 0.882. The highest BCUT2D eigenvalue weighted by molar-refractivity contribution is 7.89. The van der Waals surface area contributed by atoms with E-state index < -0.39 is 28.5 Å². The number of halogens is 1. The van der Waals surface area contributed by atoms with Crippen LogP contribution >= 0.6 is 0 Å². The molecule has 1 unspecified atom stereocenters. The summed E-state index contributed by atoms with van der Waals surface area (Å²) in [6.45, 7) is 1.60. The Kier molecular flexibility index (Phi) is 4.71. The Labute approximate surface area is 122 Å². The maximum atomic E-state index is 13.3. The Morgan fingerprint density at radius 1 is 1.48 bits per heavy atom. The van der Waals surface area contributed by atoms with E-state index in [-0.39, 0.29) is 10.5 Å². The number of sulfonamides is 1. The minimum absolute atomic E-state index is 0.152. The summed E-state index contributed by atoms with van der Waals surface area (Å²) in [7, 11) is -3.91. The Balaban J connectivity index is 2.20. The van der Waals surface area contributed by atoms with Gasteiger partial charge in [-0.2, -0.15) is 0 Å². The van der Waals surface area contributed by atoms with Crippen LogP contribution in [0.2, 0.25) is 0 Å². The molecule has 6 nitrogen and oxygen atoms in total. The van der Waals surface area contributed by atoms with E-state index in [1.54, 1.807) is 30.2 Å². The van der Waals surface area contributed by atoms with Gasteiger partial charge in [-0.3, -0.25) is 0 Å². The molecule has 1 aromatic carbocycles. The summed E-state index contributed by atoms with van der Waals surface area (Å²) in [4.78, 5) is 3.62. The zero-order valence-electron chi connectivity index (χ0n) is 11.4. The lowest BCUT2D eigenvalue weighted by molar-refractivity contribution is 0.278. The molecule has 2 rings (SSSR count). The lowest BCUT2D eigenvalue weighted by Gasteiger charge is -2.16. The van der Waals surface area contributed by atoms with Crippen molar-refractivity contribution in [3.8, 4) is 0 Å². The quantitative estimate of drug-likeness (QED) is 0.829. The Morgan fingerprint density at radius 2 is 2.24 bits per heavy atom. The zero-order valence-corrected chi connectivity index (χ0v) is 12.2. The molecule has 0 spiro atoms. The second kappa shape index (κ2) is 6.33. The molecule has 8 heteroatoms. The highest BCUT2D eigenvalue weighted by atomic mass is 32.2. The molecule has 0 radical (unpaired) electrons. The van der Waals surface area contributed by atoms with Crippen molar-refractivity contribution in [1.82, 2.24) is 14.3 Å². The van der Waals surface area contributed by atoms with Crippen LogP contribution in [-0.4, -0.2) is 29.1 Å². The van der Waals surface area contributed by atoms with Gasteiger partial charge in [-0.05, 0) is 24.6 Å². The second-order valence-corrected chi connectivity index (χ2v) is 6.37. The van der Waals surface area contributed by atoms with E-state index in [1.165, 1.54) is 6.07 Å². The summed E-state index contributed by atoms with van der Waals surface area (Å²) in [6, 6.07) is 2.85. The number of nitrogens with one attached hydrogen (secondary N) is 1. The van der Waals surface area contributed by atoms with Gasteiger partial charge in [0.1, 0.15) is 5.82 Å². The van der Waals surface area contributed by atoms with E-state index in [0.29, 0.717) is 6.54 Å². The van der Waals surface area contributed by atoms with Crippen molar-refractivity contribution in [2.24, 2.45) is 0 Å².